The SMILES string of the molecule is CC#CCN1CC[C@@]2(C)c3cc(O)ccc3CC1C2C. The summed E-state index contributed by atoms with van der Waals surface area (Å²) in [5, 5.41) is 9.83. The molecule has 0 amide bonds. The number of rotatable bonds is 1. The van der Waals surface area contributed by atoms with E-state index in [-0.39, 0.29) is 5.41 Å². The van der Waals surface area contributed by atoms with Crippen LogP contribution in [0.2, 0.25) is 0 Å². The fourth-order valence-electron chi connectivity index (χ4n) is 4.07. The number of phenolic OH excluding ortho intramolecular Hbond substituents is 1. The van der Waals surface area contributed by atoms with E-state index in [9.17, 15) is 5.11 Å². The minimum Gasteiger partial charge on any atom is -0.508 e. The summed E-state index contributed by atoms with van der Waals surface area (Å²) < 4.78 is 0. The van der Waals surface area contributed by atoms with Gasteiger partial charge >= 0.3 is 0 Å². The number of fused-ring (bicyclic) bond motifs is 4. The first-order valence-corrected chi connectivity index (χ1v) is 7.52. The van der Waals surface area contributed by atoms with Crippen molar-refractivity contribution in [3.8, 4) is 17.6 Å². The molecule has 3 atom stereocenters. The topological polar surface area (TPSA) is 23.5 Å². The summed E-state index contributed by atoms with van der Waals surface area (Å²) in [6.07, 6.45) is 2.23. The first-order chi connectivity index (χ1) is 9.56. The number of hydrogen-bond donors (Lipinski definition) is 1. The third kappa shape index (κ3) is 1.93. The average molecular weight is 269 g/mol. The summed E-state index contributed by atoms with van der Waals surface area (Å²) in [7, 11) is 0. The van der Waals surface area contributed by atoms with Crippen LogP contribution in [-0.2, 0) is 11.8 Å². The van der Waals surface area contributed by atoms with E-state index in [0.29, 0.717) is 17.7 Å². The van der Waals surface area contributed by atoms with Crippen LogP contribution in [0.1, 0.15) is 38.3 Å². The van der Waals surface area contributed by atoms with Crippen molar-refractivity contribution in [3.63, 3.8) is 0 Å². The molecule has 2 nitrogen and oxygen atoms in total. The Morgan fingerprint density at radius 2 is 2.25 bits per heavy atom. The molecule has 106 valence electrons. The molecule has 2 heteroatoms. The summed E-state index contributed by atoms with van der Waals surface area (Å²) >= 11 is 0. The molecule has 2 bridgehead atoms. The van der Waals surface area contributed by atoms with Crippen molar-refractivity contribution in [2.24, 2.45) is 5.92 Å². The highest BCUT2D eigenvalue weighted by molar-refractivity contribution is 5.44. The van der Waals surface area contributed by atoms with Gasteiger partial charge in [-0.05, 0) is 54.4 Å². The predicted octanol–water partition coefficient (Wildman–Crippen LogP) is 2.94. The molecule has 2 unspecified atom stereocenters. The Morgan fingerprint density at radius 1 is 1.45 bits per heavy atom. The maximum Gasteiger partial charge on any atom is 0.115 e. The van der Waals surface area contributed by atoms with Crippen LogP contribution in [0, 0.1) is 17.8 Å². The molecule has 0 aromatic heterocycles. The standard InChI is InChI=1S/C18H23NO/c1-4-5-9-19-10-8-18(3)13(2)17(19)11-14-6-7-15(20)12-16(14)18/h6-7,12-13,17,20H,8-11H2,1-3H3/t13?,17?,18-/m1/s1. The van der Waals surface area contributed by atoms with E-state index in [1.165, 1.54) is 11.1 Å². The lowest BCUT2D eigenvalue weighted by Crippen LogP contribution is -2.57. The molecule has 1 fully saturated rings. The number of hydrogen-bond acceptors (Lipinski definition) is 2. The van der Waals surface area contributed by atoms with Crippen molar-refractivity contribution >= 4 is 0 Å². The van der Waals surface area contributed by atoms with Gasteiger partial charge in [-0.1, -0.05) is 25.8 Å². The van der Waals surface area contributed by atoms with E-state index in [2.05, 4.69) is 36.7 Å². The third-order valence-electron chi connectivity index (χ3n) is 5.57. The van der Waals surface area contributed by atoms with Gasteiger partial charge in [-0.3, -0.25) is 4.90 Å². The number of piperidine rings is 1. The molecular formula is C18H23NO. The van der Waals surface area contributed by atoms with Crippen molar-refractivity contribution in [1.29, 1.82) is 0 Å². The van der Waals surface area contributed by atoms with Gasteiger partial charge in [0.15, 0.2) is 0 Å². The number of likely N-dealkylation sites (tertiary alicyclic amines) is 1. The molecule has 1 aromatic rings. The van der Waals surface area contributed by atoms with Gasteiger partial charge in [0, 0.05) is 12.6 Å². The Balaban J connectivity index is 2.01. The lowest BCUT2D eigenvalue weighted by atomic mass is 9.59. The van der Waals surface area contributed by atoms with Crippen molar-refractivity contribution in [1.82, 2.24) is 4.90 Å². The highest BCUT2D eigenvalue weighted by atomic mass is 16.3. The summed E-state index contributed by atoms with van der Waals surface area (Å²) in [6.45, 7) is 8.63. The minimum atomic E-state index is 0.188. The maximum atomic E-state index is 9.83. The van der Waals surface area contributed by atoms with Gasteiger partial charge in [0.05, 0.1) is 6.54 Å². The molecule has 1 heterocycles. The van der Waals surface area contributed by atoms with Gasteiger partial charge < -0.3 is 5.11 Å². The van der Waals surface area contributed by atoms with Gasteiger partial charge in [-0.2, -0.15) is 0 Å². The molecular weight excluding hydrogens is 246 g/mol. The van der Waals surface area contributed by atoms with Crippen LogP contribution < -0.4 is 0 Å². The minimum absolute atomic E-state index is 0.188. The average Bonchev–Trinajstić information content (AvgIpc) is 2.43. The molecule has 0 spiro atoms. The van der Waals surface area contributed by atoms with E-state index in [0.717, 1.165) is 25.9 Å². The van der Waals surface area contributed by atoms with Gasteiger partial charge in [-0.25, -0.2) is 0 Å². The van der Waals surface area contributed by atoms with Crippen LogP contribution in [-0.4, -0.2) is 29.1 Å². The van der Waals surface area contributed by atoms with E-state index in [4.69, 9.17) is 0 Å². The molecule has 0 saturated carbocycles. The van der Waals surface area contributed by atoms with Crippen LogP contribution >= 0.6 is 0 Å². The molecule has 20 heavy (non-hydrogen) atoms. The second-order valence-electron chi connectivity index (χ2n) is 6.47. The predicted molar refractivity (Wildman–Crippen MR) is 81.8 cm³/mol. The number of benzene rings is 1. The second kappa shape index (κ2) is 4.82. The Bertz CT molecular complexity index is 583. The molecule has 3 rings (SSSR count). The van der Waals surface area contributed by atoms with Crippen LogP contribution in [0.15, 0.2) is 18.2 Å². The lowest BCUT2D eigenvalue weighted by molar-refractivity contribution is 0.0412. The van der Waals surface area contributed by atoms with Crippen molar-refractivity contribution in [3.05, 3.63) is 29.3 Å². The van der Waals surface area contributed by atoms with Crippen LogP contribution in [0.5, 0.6) is 5.75 Å². The summed E-state index contributed by atoms with van der Waals surface area (Å²) in [4.78, 5) is 2.54. The molecule has 0 radical (unpaired) electrons. The fraction of sp³-hybridized carbons (Fsp3) is 0.556. The van der Waals surface area contributed by atoms with Gasteiger partial charge in [0.2, 0.25) is 0 Å². The van der Waals surface area contributed by atoms with Gasteiger partial charge in [0.25, 0.3) is 0 Å². The highest BCUT2D eigenvalue weighted by Crippen LogP contribution is 2.49. The lowest BCUT2D eigenvalue weighted by Gasteiger charge is -2.54. The maximum absolute atomic E-state index is 9.83. The number of aromatic hydroxyl groups is 1. The monoisotopic (exact) mass is 269 g/mol. The third-order valence-corrected chi connectivity index (χ3v) is 5.57. The van der Waals surface area contributed by atoms with E-state index >= 15 is 0 Å². The fourth-order valence-corrected chi connectivity index (χ4v) is 4.07. The Labute approximate surface area is 121 Å². The van der Waals surface area contributed by atoms with Crippen molar-refractivity contribution in [2.45, 2.75) is 45.1 Å². The quantitative estimate of drug-likeness (QED) is 0.792. The van der Waals surface area contributed by atoms with Gasteiger partial charge in [-0.15, -0.1) is 5.92 Å². The first-order valence-electron chi connectivity index (χ1n) is 7.52. The van der Waals surface area contributed by atoms with Crippen molar-refractivity contribution in [2.75, 3.05) is 13.1 Å². The first kappa shape index (κ1) is 13.5. The van der Waals surface area contributed by atoms with Crippen LogP contribution in [0.25, 0.3) is 0 Å². The van der Waals surface area contributed by atoms with Crippen LogP contribution in [0.4, 0.5) is 0 Å². The molecule has 1 aromatic carbocycles. The van der Waals surface area contributed by atoms with E-state index < -0.39 is 0 Å². The summed E-state index contributed by atoms with van der Waals surface area (Å²) in [6, 6.07) is 6.50. The second-order valence-corrected chi connectivity index (χ2v) is 6.47. The Morgan fingerprint density at radius 3 is 3.00 bits per heavy atom. The highest BCUT2D eigenvalue weighted by Gasteiger charge is 2.48. The largest absolute Gasteiger partial charge is 0.508 e. The smallest absolute Gasteiger partial charge is 0.115 e. The normalized spacial score (nSPS) is 32.1. The zero-order valence-corrected chi connectivity index (χ0v) is 12.6. The van der Waals surface area contributed by atoms with E-state index in [1.807, 2.05) is 19.1 Å². The number of phenols is 1. The van der Waals surface area contributed by atoms with Gasteiger partial charge in [0.1, 0.15) is 5.75 Å². The van der Waals surface area contributed by atoms with Crippen molar-refractivity contribution < 1.29 is 5.11 Å². The summed E-state index contributed by atoms with van der Waals surface area (Å²) in [5.41, 5.74) is 2.96. The molecule has 1 N–H and O–H groups in total. The van der Waals surface area contributed by atoms with Crippen LogP contribution in [0.3, 0.4) is 0 Å². The Kier molecular flexibility index (Phi) is 3.26. The van der Waals surface area contributed by atoms with E-state index in [1.54, 1.807) is 0 Å². The molecule has 1 aliphatic heterocycles. The zero-order valence-electron chi connectivity index (χ0n) is 12.6. The zero-order chi connectivity index (χ0) is 14.3. The number of nitrogens with zero attached hydrogens (tertiary/aromatic N) is 1. The molecule has 1 aliphatic carbocycles. The molecule has 2 aliphatic rings. The summed E-state index contributed by atoms with van der Waals surface area (Å²) in [5.74, 6) is 7.24. The Hall–Kier alpha value is -1.46. The molecule has 1 saturated heterocycles.